The summed E-state index contributed by atoms with van der Waals surface area (Å²) in [6, 6.07) is 6.31. The summed E-state index contributed by atoms with van der Waals surface area (Å²) in [6.07, 6.45) is 7.32. The van der Waals surface area contributed by atoms with Gasteiger partial charge in [-0.3, -0.25) is 20.3 Å². The molecule has 3 unspecified atom stereocenters. The van der Waals surface area contributed by atoms with E-state index >= 15 is 0 Å². The lowest BCUT2D eigenvalue weighted by molar-refractivity contribution is -0.121. The SMILES string of the molecule is CCCCCC1(C)CC(N2CCC(C(=O)Nc3ccccc3F)CC2)NC(N)N1. The molecule has 5 N–H and O–H groups in total. The van der Waals surface area contributed by atoms with Crippen LogP contribution < -0.4 is 21.7 Å². The van der Waals surface area contributed by atoms with Crippen molar-refractivity contribution in [3.63, 3.8) is 0 Å². The van der Waals surface area contributed by atoms with Crippen LogP contribution in [0.3, 0.4) is 0 Å². The van der Waals surface area contributed by atoms with Crippen molar-refractivity contribution in [2.45, 2.75) is 76.8 Å². The van der Waals surface area contributed by atoms with Crippen LogP contribution in [-0.2, 0) is 4.79 Å². The van der Waals surface area contributed by atoms with Crippen LogP contribution in [0.25, 0.3) is 0 Å². The minimum absolute atomic E-state index is 0.0313. The van der Waals surface area contributed by atoms with Gasteiger partial charge in [-0.25, -0.2) is 4.39 Å². The number of nitrogens with two attached hydrogens (primary N) is 1. The number of anilines is 1. The van der Waals surface area contributed by atoms with Gasteiger partial charge in [0.05, 0.1) is 11.9 Å². The second-order valence-electron chi connectivity index (χ2n) is 8.81. The number of para-hydroxylation sites is 1. The van der Waals surface area contributed by atoms with Crippen LogP contribution in [0.15, 0.2) is 24.3 Å². The molecule has 29 heavy (non-hydrogen) atoms. The highest BCUT2D eigenvalue weighted by Crippen LogP contribution is 2.28. The van der Waals surface area contributed by atoms with E-state index in [0.717, 1.165) is 38.8 Å². The highest BCUT2D eigenvalue weighted by molar-refractivity contribution is 5.92. The number of nitrogens with zero attached hydrogens (tertiary/aromatic N) is 1. The standard InChI is InChI=1S/C22H36FN5O/c1-3-4-7-12-22(2)15-19(26-21(24)27-22)28-13-10-16(11-14-28)20(29)25-18-9-6-5-8-17(18)23/h5-6,8-9,16,19,21,26-27H,3-4,7,10-15,24H2,1-2H3,(H,25,29). The van der Waals surface area contributed by atoms with E-state index in [4.69, 9.17) is 5.73 Å². The Morgan fingerprint density at radius 2 is 2.03 bits per heavy atom. The molecule has 0 radical (unpaired) electrons. The molecule has 2 aliphatic rings. The number of halogens is 1. The largest absolute Gasteiger partial charge is 0.323 e. The third-order valence-corrected chi connectivity index (χ3v) is 6.32. The van der Waals surface area contributed by atoms with E-state index in [2.05, 4.69) is 34.7 Å². The molecule has 0 aromatic heterocycles. The Morgan fingerprint density at radius 3 is 2.72 bits per heavy atom. The number of nitrogens with one attached hydrogen (secondary N) is 3. The summed E-state index contributed by atoms with van der Waals surface area (Å²) in [7, 11) is 0. The fraction of sp³-hybridized carbons (Fsp3) is 0.682. The summed E-state index contributed by atoms with van der Waals surface area (Å²) in [5, 5.41) is 9.73. The number of likely N-dealkylation sites (tertiary alicyclic amines) is 1. The van der Waals surface area contributed by atoms with Crippen molar-refractivity contribution in [2.75, 3.05) is 18.4 Å². The Morgan fingerprint density at radius 1 is 1.31 bits per heavy atom. The van der Waals surface area contributed by atoms with Gasteiger partial charge in [0, 0.05) is 24.5 Å². The minimum Gasteiger partial charge on any atom is -0.323 e. The van der Waals surface area contributed by atoms with E-state index in [1.54, 1.807) is 18.2 Å². The zero-order valence-corrected chi connectivity index (χ0v) is 17.7. The lowest BCUT2D eigenvalue weighted by atomic mass is 9.86. The molecule has 2 fully saturated rings. The van der Waals surface area contributed by atoms with Crippen LogP contribution in [0, 0.1) is 11.7 Å². The number of piperidine rings is 1. The average Bonchev–Trinajstić information content (AvgIpc) is 2.69. The minimum atomic E-state index is -0.395. The summed E-state index contributed by atoms with van der Waals surface area (Å²) < 4.78 is 13.8. The fourth-order valence-corrected chi connectivity index (χ4v) is 4.61. The molecule has 1 aromatic rings. The van der Waals surface area contributed by atoms with Crippen LogP contribution in [0.1, 0.15) is 58.8 Å². The predicted octanol–water partition coefficient (Wildman–Crippen LogP) is 2.97. The first kappa shape index (κ1) is 22.2. The molecule has 2 aliphatic heterocycles. The number of hydrogen-bond donors (Lipinski definition) is 4. The molecule has 3 rings (SSSR count). The van der Waals surface area contributed by atoms with Gasteiger partial charge in [0.15, 0.2) is 0 Å². The summed E-state index contributed by atoms with van der Waals surface area (Å²) in [6.45, 7) is 6.17. The molecule has 6 nitrogen and oxygen atoms in total. The quantitative estimate of drug-likeness (QED) is 0.525. The molecule has 1 aromatic carbocycles. The van der Waals surface area contributed by atoms with Gasteiger partial charge in [-0.15, -0.1) is 0 Å². The van der Waals surface area contributed by atoms with Gasteiger partial charge in [0.1, 0.15) is 12.1 Å². The van der Waals surface area contributed by atoms with Crippen molar-refractivity contribution in [2.24, 2.45) is 11.7 Å². The number of carbonyl (C=O) groups excluding carboxylic acids is 1. The molecule has 7 heteroatoms. The summed E-state index contributed by atoms with van der Waals surface area (Å²) in [5.41, 5.74) is 6.53. The van der Waals surface area contributed by atoms with Crippen molar-refractivity contribution in [1.29, 1.82) is 0 Å². The van der Waals surface area contributed by atoms with E-state index in [-0.39, 0.29) is 35.5 Å². The topological polar surface area (TPSA) is 82.4 Å². The van der Waals surface area contributed by atoms with Crippen LogP contribution >= 0.6 is 0 Å². The van der Waals surface area contributed by atoms with E-state index in [9.17, 15) is 9.18 Å². The normalized spacial score (nSPS) is 29.0. The number of rotatable bonds is 7. The van der Waals surface area contributed by atoms with Gasteiger partial charge in [-0.2, -0.15) is 0 Å². The molecule has 0 saturated carbocycles. The lowest BCUT2D eigenvalue weighted by Gasteiger charge is -2.48. The van der Waals surface area contributed by atoms with E-state index in [0.29, 0.717) is 0 Å². The first-order chi connectivity index (χ1) is 13.9. The Kier molecular flexibility index (Phi) is 7.62. The van der Waals surface area contributed by atoms with Gasteiger partial charge in [-0.05, 0) is 44.7 Å². The highest BCUT2D eigenvalue weighted by Gasteiger charge is 2.38. The Balaban J connectivity index is 1.51. The van der Waals surface area contributed by atoms with Crippen molar-refractivity contribution in [1.82, 2.24) is 15.5 Å². The van der Waals surface area contributed by atoms with Gasteiger partial charge in [0.25, 0.3) is 0 Å². The Hall–Kier alpha value is -1.54. The maximum Gasteiger partial charge on any atom is 0.227 e. The molecule has 3 atom stereocenters. The third-order valence-electron chi connectivity index (χ3n) is 6.32. The Bertz CT molecular complexity index is 679. The fourth-order valence-electron chi connectivity index (χ4n) is 4.61. The van der Waals surface area contributed by atoms with Crippen LogP contribution in [0.2, 0.25) is 0 Å². The predicted molar refractivity (Wildman–Crippen MR) is 115 cm³/mol. The molecule has 2 heterocycles. The van der Waals surface area contributed by atoms with Crippen molar-refractivity contribution < 1.29 is 9.18 Å². The highest BCUT2D eigenvalue weighted by atomic mass is 19.1. The maximum atomic E-state index is 13.8. The number of benzene rings is 1. The summed E-state index contributed by atoms with van der Waals surface area (Å²) in [4.78, 5) is 15.0. The second-order valence-corrected chi connectivity index (χ2v) is 8.81. The van der Waals surface area contributed by atoms with Crippen molar-refractivity contribution in [3.05, 3.63) is 30.1 Å². The van der Waals surface area contributed by atoms with Gasteiger partial charge < -0.3 is 11.1 Å². The molecule has 162 valence electrons. The van der Waals surface area contributed by atoms with E-state index in [1.807, 2.05) is 0 Å². The molecular weight excluding hydrogens is 369 g/mol. The number of carbonyl (C=O) groups is 1. The van der Waals surface area contributed by atoms with Crippen LogP contribution in [0.5, 0.6) is 0 Å². The molecule has 1 amide bonds. The average molecular weight is 406 g/mol. The maximum absolute atomic E-state index is 13.8. The van der Waals surface area contributed by atoms with Gasteiger partial charge >= 0.3 is 0 Å². The van der Waals surface area contributed by atoms with Crippen molar-refractivity contribution in [3.8, 4) is 0 Å². The molecule has 0 bridgehead atoms. The third kappa shape index (κ3) is 5.98. The Labute approximate surface area is 173 Å². The van der Waals surface area contributed by atoms with Crippen LogP contribution in [0.4, 0.5) is 10.1 Å². The number of amides is 1. The van der Waals surface area contributed by atoms with Crippen LogP contribution in [-0.4, -0.2) is 41.9 Å². The molecule has 2 saturated heterocycles. The summed E-state index contributed by atoms with van der Waals surface area (Å²) in [5.74, 6) is -0.570. The summed E-state index contributed by atoms with van der Waals surface area (Å²) >= 11 is 0. The molecular formula is C22H36FN5O. The first-order valence-corrected chi connectivity index (χ1v) is 11.0. The smallest absolute Gasteiger partial charge is 0.227 e. The monoisotopic (exact) mass is 405 g/mol. The van der Waals surface area contributed by atoms with Crippen molar-refractivity contribution >= 4 is 11.6 Å². The number of unbranched alkanes of at least 4 members (excludes halogenated alkanes) is 2. The second kappa shape index (κ2) is 9.98. The van der Waals surface area contributed by atoms with Gasteiger partial charge in [-0.1, -0.05) is 38.3 Å². The zero-order chi connectivity index (χ0) is 20.9. The van der Waals surface area contributed by atoms with Gasteiger partial charge in [0.2, 0.25) is 5.91 Å². The molecule has 0 spiro atoms. The lowest BCUT2D eigenvalue weighted by Crippen LogP contribution is -2.70. The zero-order valence-electron chi connectivity index (χ0n) is 17.7. The molecule has 0 aliphatic carbocycles. The van der Waals surface area contributed by atoms with E-state index in [1.165, 1.54) is 25.3 Å². The number of hydrogen-bond acceptors (Lipinski definition) is 5. The van der Waals surface area contributed by atoms with E-state index < -0.39 is 5.82 Å². The first-order valence-electron chi connectivity index (χ1n) is 11.0.